The van der Waals surface area contributed by atoms with Crippen LogP contribution in [0.3, 0.4) is 0 Å². The van der Waals surface area contributed by atoms with Gasteiger partial charge in [-0.05, 0) is 18.8 Å². The van der Waals surface area contributed by atoms with Crippen LogP contribution in [-0.4, -0.2) is 25.9 Å². The first-order valence-corrected chi connectivity index (χ1v) is 3.48. The smallest absolute Gasteiger partial charge is 0.0921 e. The van der Waals surface area contributed by atoms with E-state index in [0.717, 1.165) is 19.1 Å². The fourth-order valence-corrected chi connectivity index (χ4v) is 1.95. The van der Waals surface area contributed by atoms with Gasteiger partial charge in [-0.15, -0.1) is 0 Å². The lowest BCUT2D eigenvalue weighted by molar-refractivity contribution is -0.0574. The number of rotatable bonds is 2. The fraction of sp³-hybridized carbons (Fsp3) is 1.00. The number of fused-ring (bicyclic) bond motifs is 1. The Morgan fingerprint density at radius 3 is 2.89 bits per heavy atom. The molecule has 2 nitrogen and oxygen atoms in total. The van der Waals surface area contributed by atoms with Crippen molar-refractivity contribution in [3.8, 4) is 0 Å². The van der Waals surface area contributed by atoms with Gasteiger partial charge in [0.2, 0.25) is 0 Å². The zero-order valence-corrected chi connectivity index (χ0v) is 5.72. The van der Waals surface area contributed by atoms with Gasteiger partial charge >= 0.3 is 0 Å². The topological polar surface area (TPSA) is 18.5 Å². The average molecular weight is 128 g/mol. The van der Waals surface area contributed by atoms with E-state index in [-0.39, 0.29) is 5.60 Å². The lowest BCUT2D eigenvalue weighted by Gasteiger charge is -2.34. The van der Waals surface area contributed by atoms with E-state index in [0.29, 0.717) is 0 Å². The molecule has 0 radical (unpaired) electrons. The number of hydrogen-bond donors (Lipinski definition) is 0. The lowest BCUT2D eigenvalue weighted by Crippen LogP contribution is -2.40. The van der Waals surface area contributed by atoms with E-state index in [1.54, 1.807) is 7.11 Å². The molecule has 2 heteroatoms. The zero-order valence-electron chi connectivity index (χ0n) is 5.72. The summed E-state index contributed by atoms with van der Waals surface area (Å²) in [7, 11) is 1.74. The molecule has 2 heterocycles. The molecule has 0 aromatic rings. The van der Waals surface area contributed by atoms with Crippen LogP contribution in [0.25, 0.3) is 0 Å². The van der Waals surface area contributed by atoms with E-state index in [9.17, 15) is 0 Å². The lowest BCUT2D eigenvalue weighted by atomic mass is 9.75. The molecule has 0 unspecified atom stereocenters. The van der Waals surface area contributed by atoms with Crippen LogP contribution in [-0.2, 0) is 9.47 Å². The van der Waals surface area contributed by atoms with Gasteiger partial charge in [-0.2, -0.15) is 0 Å². The second-order valence-electron chi connectivity index (χ2n) is 3.20. The Morgan fingerprint density at radius 2 is 2.44 bits per heavy atom. The molecule has 2 saturated heterocycles. The molecule has 0 atom stereocenters. The number of methoxy groups -OCH3 is 1. The second-order valence-corrected chi connectivity index (χ2v) is 3.20. The fourth-order valence-electron chi connectivity index (χ4n) is 1.95. The first-order valence-electron chi connectivity index (χ1n) is 3.48. The molecule has 1 saturated carbocycles. The van der Waals surface area contributed by atoms with Gasteiger partial charge in [-0.1, -0.05) is 0 Å². The van der Waals surface area contributed by atoms with E-state index in [4.69, 9.17) is 9.47 Å². The summed E-state index contributed by atoms with van der Waals surface area (Å²) in [4.78, 5) is 0. The van der Waals surface area contributed by atoms with Crippen molar-refractivity contribution >= 4 is 0 Å². The first kappa shape index (κ1) is 5.69. The Kier molecular flexibility index (Phi) is 1.08. The molecule has 0 amide bonds. The predicted octanol–water partition coefficient (Wildman–Crippen LogP) is 0.812. The predicted molar refractivity (Wildman–Crippen MR) is 33.3 cm³/mol. The van der Waals surface area contributed by atoms with Crippen LogP contribution in [0.5, 0.6) is 0 Å². The van der Waals surface area contributed by atoms with Gasteiger partial charge in [0.25, 0.3) is 0 Å². The summed E-state index contributed by atoms with van der Waals surface area (Å²) in [5.41, 5.74) is 0.166. The van der Waals surface area contributed by atoms with Gasteiger partial charge in [0.15, 0.2) is 0 Å². The maximum Gasteiger partial charge on any atom is 0.0921 e. The summed E-state index contributed by atoms with van der Waals surface area (Å²) >= 11 is 0. The van der Waals surface area contributed by atoms with Crippen molar-refractivity contribution in [2.75, 3.05) is 20.3 Å². The van der Waals surface area contributed by atoms with Crippen LogP contribution >= 0.6 is 0 Å². The van der Waals surface area contributed by atoms with E-state index in [1.165, 1.54) is 12.8 Å². The summed E-state index contributed by atoms with van der Waals surface area (Å²) in [5, 5.41) is 0. The van der Waals surface area contributed by atoms with Crippen LogP contribution < -0.4 is 0 Å². The van der Waals surface area contributed by atoms with Crippen LogP contribution in [0.4, 0.5) is 0 Å². The van der Waals surface area contributed by atoms with Crippen LogP contribution in [0, 0.1) is 5.92 Å². The maximum atomic E-state index is 5.53. The highest BCUT2D eigenvalue weighted by Crippen LogP contribution is 2.48. The molecule has 2 bridgehead atoms. The molecule has 52 valence electrons. The molecule has 1 aliphatic carbocycles. The average Bonchev–Trinajstić information content (AvgIpc) is 2.22. The second kappa shape index (κ2) is 1.70. The molecule has 3 fully saturated rings. The Morgan fingerprint density at radius 1 is 1.67 bits per heavy atom. The number of hydrogen-bond acceptors (Lipinski definition) is 2. The Bertz CT molecular complexity index is 111. The van der Waals surface area contributed by atoms with Crippen molar-refractivity contribution in [3.05, 3.63) is 0 Å². The largest absolute Gasteiger partial charge is 0.382 e. The minimum absolute atomic E-state index is 0.166. The van der Waals surface area contributed by atoms with Crippen LogP contribution in [0.15, 0.2) is 0 Å². The molecule has 0 aromatic heterocycles. The summed E-state index contributed by atoms with van der Waals surface area (Å²) in [6, 6.07) is 0. The van der Waals surface area contributed by atoms with E-state index < -0.39 is 0 Å². The van der Waals surface area contributed by atoms with Crippen molar-refractivity contribution in [2.45, 2.75) is 18.4 Å². The molecule has 3 rings (SSSR count). The highest BCUT2D eigenvalue weighted by Gasteiger charge is 2.51. The Labute approximate surface area is 55.1 Å². The van der Waals surface area contributed by atoms with Gasteiger partial charge in [-0.3, -0.25) is 0 Å². The van der Waals surface area contributed by atoms with Gasteiger partial charge in [-0.25, -0.2) is 0 Å². The standard InChI is InChI=1S/C7H12O2/c1-8-5-7-2-6(3-7)4-9-7/h6H,2-5H2,1H3. The van der Waals surface area contributed by atoms with Crippen molar-refractivity contribution in [1.82, 2.24) is 0 Å². The molecule has 9 heavy (non-hydrogen) atoms. The highest BCUT2D eigenvalue weighted by molar-refractivity contribution is 5.01. The molecule has 2 aliphatic heterocycles. The third-order valence-corrected chi connectivity index (χ3v) is 2.35. The minimum atomic E-state index is 0.166. The van der Waals surface area contributed by atoms with Crippen LogP contribution in [0.2, 0.25) is 0 Å². The Hall–Kier alpha value is -0.0800. The number of ether oxygens (including phenoxy) is 2. The minimum Gasteiger partial charge on any atom is -0.382 e. The van der Waals surface area contributed by atoms with E-state index in [1.807, 2.05) is 0 Å². The normalized spacial score (nSPS) is 47.0. The van der Waals surface area contributed by atoms with Crippen molar-refractivity contribution < 1.29 is 9.47 Å². The van der Waals surface area contributed by atoms with E-state index in [2.05, 4.69) is 0 Å². The molecule has 0 aromatic carbocycles. The molecule has 0 N–H and O–H groups in total. The molecule has 3 aliphatic rings. The SMILES string of the molecule is COCC12CC(CO1)C2. The van der Waals surface area contributed by atoms with E-state index >= 15 is 0 Å². The van der Waals surface area contributed by atoms with Gasteiger partial charge < -0.3 is 9.47 Å². The van der Waals surface area contributed by atoms with Gasteiger partial charge in [0, 0.05) is 7.11 Å². The Balaban J connectivity index is 1.95. The van der Waals surface area contributed by atoms with Gasteiger partial charge in [0.05, 0.1) is 18.8 Å². The molecule has 0 spiro atoms. The van der Waals surface area contributed by atoms with Crippen LogP contribution in [0.1, 0.15) is 12.8 Å². The monoisotopic (exact) mass is 128 g/mol. The van der Waals surface area contributed by atoms with Crippen molar-refractivity contribution in [2.24, 2.45) is 5.92 Å². The van der Waals surface area contributed by atoms with Crippen molar-refractivity contribution in [1.29, 1.82) is 0 Å². The summed E-state index contributed by atoms with van der Waals surface area (Å²) in [6.45, 7) is 1.77. The molecular formula is C7H12O2. The quantitative estimate of drug-likeness (QED) is 0.548. The molecular weight excluding hydrogens is 116 g/mol. The maximum absolute atomic E-state index is 5.53. The third kappa shape index (κ3) is 0.700. The van der Waals surface area contributed by atoms with Crippen molar-refractivity contribution in [3.63, 3.8) is 0 Å². The first-order chi connectivity index (χ1) is 4.35. The zero-order chi connectivity index (χ0) is 6.32. The summed E-state index contributed by atoms with van der Waals surface area (Å²) in [6.07, 6.45) is 2.47. The third-order valence-electron chi connectivity index (χ3n) is 2.35. The van der Waals surface area contributed by atoms with Gasteiger partial charge in [0.1, 0.15) is 0 Å². The summed E-state index contributed by atoms with van der Waals surface area (Å²) in [5.74, 6) is 0.861. The highest BCUT2D eigenvalue weighted by atomic mass is 16.5. The summed E-state index contributed by atoms with van der Waals surface area (Å²) < 4.78 is 10.6.